The van der Waals surface area contributed by atoms with Gasteiger partial charge in [-0.3, -0.25) is 0 Å². The lowest BCUT2D eigenvalue weighted by Gasteiger charge is -2.21. The first kappa shape index (κ1) is 11.2. The molecule has 15 heavy (non-hydrogen) atoms. The van der Waals surface area contributed by atoms with Crippen LogP contribution < -0.4 is 4.74 Å². The number of carbonyl (C=O) groups is 1. The molecule has 0 radical (unpaired) electrons. The molecule has 0 aliphatic rings. The van der Waals surface area contributed by atoms with Gasteiger partial charge in [0.1, 0.15) is 5.75 Å². The summed E-state index contributed by atoms with van der Waals surface area (Å²) in [6.45, 7) is 2.97. The van der Waals surface area contributed by atoms with Gasteiger partial charge in [-0.05, 0) is 43.7 Å². The fourth-order valence-electron chi connectivity index (χ4n) is 0.970. The van der Waals surface area contributed by atoms with E-state index in [1.165, 1.54) is 20.1 Å². The molecule has 0 aliphatic heterocycles. The standard InChI is InChI=1S/C11H13NO3/c1-11(2,10(13)14)15-9-5-3-8(7-12)4-6-9/h3-7,12H,1-2H3,(H,13,14). The Balaban J connectivity index is 2.81. The predicted molar refractivity (Wildman–Crippen MR) is 56.7 cm³/mol. The van der Waals surface area contributed by atoms with E-state index in [9.17, 15) is 4.79 Å². The molecule has 0 aliphatic carbocycles. The van der Waals surface area contributed by atoms with Gasteiger partial charge in [0.05, 0.1) is 0 Å². The number of hydrogen-bond donors (Lipinski definition) is 2. The van der Waals surface area contributed by atoms with Crippen LogP contribution in [0.5, 0.6) is 5.75 Å². The van der Waals surface area contributed by atoms with Gasteiger partial charge in [-0.25, -0.2) is 4.79 Å². The van der Waals surface area contributed by atoms with E-state index in [0.29, 0.717) is 5.75 Å². The van der Waals surface area contributed by atoms with E-state index in [1.54, 1.807) is 24.3 Å². The van der Waals surface area contributed by atoms with E-state index >= 15 is 0 Å². The Kier molecular flexibility index (Phi) is 3.09. The Hall–Kier alpha value is -1.84. The van der Waals surface area contributed by atoms with Crippen LogP contribution in [-0.2, 0) is 4.79 Å². The second kappa shape index (κ2) is 4.13. The Morgan fingerprint density at radius 2 is 1.93 bits per heavy atom. The number of carboxylic acid groups (broad SMARTS) is 1. The molecule has 0 saturated carbocycles. The summed E-state index contributed by atoms with van der Waals surface area (Å²) in [7, 11) is 0. The van der Waals surface area contributed by atoms with Crippen LogP contribution in [0.25, 0.3) is 0 Å². The summed E-state index contributed by atoms with van der Waals surface area (Å²) < 4.78 is 5.29. The maximum Gasteiger partial charge on any atom is 0.347 e. The molecule has 2 N–H and O–H groups in total. The van der Waals surface area contributed by atoms with E-state index < -0.39 is 11.6 Å². The van der Waals surface area contributed by atoms with Gasteiger partial charge in [0, 0.05) is 6.21 Å². The third kappa shape index (κ3) is 2.80. The van der Waals surface area contributed by atoms with Crippen molar-refractivity contribution in [1.29, 1.82) is 5.41 Å². The minimum atomic E-state index is -1.24. The minimum Gasteiger partial charge on any atom is -0.478 e. The molecule has 4 heteroatoms. The van der Waals surface area contributed by atoms with Gasteiger partial charge >= 0.3 is 5.97 Å². The number of nitrogens with one attached hydrogen (secondary N) is 1. The summed E-state index contributed by atoms with van der Waals surface area (Å²) in [4.78, 5) is 10.8. The highest BCUT2D eigenvalue weighted by atomic mass is 16.5. The third-order valence-corrected chi connectivity index (χ3v) is 1.93. The second-order valence-electron chi connectivity index (χ2n) is 3.63. The van der Waals surface area contributed by atoms with Gasteiger partial charge in [-0.1, -0.05) is 0 Å². The Bertz CT molecular complexity index is 368. The van der Waals surface area contributed by atoms with Crippen molar-refractivity contribution in [2.45, 2.75) is 19.4 Å². The summed E-state index contributed by atoms with van der Waals surface area (Å²) in [5.74, 6) is -0.536. The van der Waals surface area contributed by atoms with E-state index in [0.717, 1.165) is 5.56 Å². The fourth-order valence-corrected chi connectivity index (χ4v) is 0.970. The molecule has 0 aromatic heterocycles. The average molecular weight is 207 g/mol. The molecule has 0 atom stereocenters. The van der Waals surface area contributed by atoms with Gasteiger partial charge in [-0.2, -0.15) is 0 Å². The molecule has 0 saturated heterocycles. The van der Waals surface area contributed by atoms with Crippen molar-refractivity contribution in [2.75, 3.05) is 0 Å². The Morgan fingerprint density at radius 1 is 1.40 bits per heavy atom. The normalized spacial score (nSPS) is 10.8. The Morgan fingerprint density at radius 3 is 2.33 bits per heavy atom. The van der Waals surface area contributed by atoms with Crippen LogP contribution in [0.15, 0.2) is 24.3 Å². The van der Waals surface area contributed by atoms with Crippen molar-refractivity contribution in [2.24, 2.45) is 0 Å². The second-order valence-corrected chi connectivity index (χ2v) is 3.63. The lowest BCUT2D eigenvalue weighted by Crippen LogP contribution is -2.37. The number of aliphatic carboxylic acids is 1. The van der Waals surface area contributed by atoms with Gasteiger partial charge in [0.25, 0.3) is 0 Å². The molecule has 0 unspecified atom stereocenters. The highest BCUT2D eigenvalue weighted by Crippen LogP contribution is 2.18. The lowest BCUT2D eigenvalue weighted by molar-refractivity contribution is -0.152. The third-order valence-electron chi connectivity index (χ3n) is 1.93. The van der Waals surface area contributed by atoms with Crippen molar-refractivity contribution >= 4 is 12.2 Å². The molecule has 1 aromatic carbocycles. The molecule has 0 heterocycles. The lowest BCUT2D eigenvalue weighted by atomic mass is 10.1. The summed E-state index contributed by atoms with van der Waals surface area (Å²) >= 11 is 0. The summed E-state index contributed by atoms with van der Waals surface area (Å²) in [6.07, 6.45) is 1.21. The number of rotatable bonds is 4. The van der Waals surface area contributed by atoms with Gasteiger partial charge < -0.3 is 15.3 Å². The number of carboxylic acids is 1. The topological polar surface area (TPSA) is 70.4 Å². The molecule has 4 nitrogen and oxygen atoms in total. The van der Waals surface area contributed by atoms with Crippen LogP contribution in [0.3, 0.4) is 0 Å². The molecule has 0 fully saturated rings. The van der Waals surface area contributed by atoms with Crippen molar-refractivity contribution in [3.63, 3.8) is 0 Å². The number of benzene rings is 1. The first-order valence-electron chi connectivity index (χ1n) is 4.48. The van der Waals surface area contributed by atoms with Crippen molar-refractivity contribution in [1.82, 2.24) is 0 Å². The zero-order valence-electron chi connectivity index (χ0n) is 8.65. The van der Waals surface area contributed by atoms with E-state index in [1.807, 2.05) is 0 Å². The van der Waals surface area contributed by atoms with Crippen LogP contribution in [0.4, 0.5) is 0 Å². The fraction of sp³-hybridized carbons (Fsp3) is 0.273. The zero-order chi connectivity index (χ0) is 11.5. The first-order valence-corrected chi connectivity index (χ1v) is 4.48. The predicted octanol–water partition coefficient (Wildman–Crippen LogP) is 1.93. The minimum absolute atomic E-state index is 0.480. The van der Waals surface area contributed by atoms with Crippen molar-refractivity contribution < 1.29 is 14.6 Å². The maximum atomic E-state index is 10.8. The van der Waals surface area contributed by atoms with Crippen molar-refractivity contribution in [3.8, 4) is 5.75 Å². The van der Waals surface area contributed by atoms with Crippen LogP contribution in [-0.4, -0.2) is 22.9 Å². The zero-order valence-corrected chi connectivity index (χ0v) is 8.65. The molecule has 0 spiro atoms. The van der Waals surface area contributed by atoms with Gasteiger partial charge in [-0.15, -0.1) is 0 Å². The summed E-state index contributed by atoms with van der Waals surface area (Å²) in [6, 6.07) is 6.68. The van der Waals surface area contributed by atoms with Crippen LogP contribution in [0.1, 0.15) is 19.4 Å². The summed E-state index contributed by atoms with van der Waals surface area (Å²) in [5, 5.41) is 15.8. The van der Waals surface area contributed by atoms with Crippen LogP contribution in [0.2, 0.25) is 0 Å². The van der Waals surface area contributed by atoms with E-state index in [4.69, 9.17) is 15.3 Å². The molecular formula is C11H13NO3. The SMILES string of the molecule is CC(C)(Oc1ccc(C=N)cc1)C(=O)O. The van der Waals surface area contributed by atoms with Crippen LogP contribution in [0, 0.1) is 5.41 Å². The maximum absolute atomic E-state index is 10.8. The average Bonchev–Trinajstić information content (AvgIpc) is 2.18. The Labute approximate surface area is 88.0 Å². The van der Waals surface area contributed by atoms with Crippen LogP contribution >= 0.6 is 0 Å². The highest BCUT2D eigenvalue weighted by Gasteiger charge is 2.29. The number of hydrogen-bond acceptors (Lipinski definition) is 3. The van der Waals surface area contributed by atoms with Gasteiger partial charge in [0.15, 0.2) is 5.60 Å². The highest BCUT2D eigenvalue weighted by molar-refractivity contribution is 5.78. The molecule has 1 aromatic rings. The molecule has 0 bridgehead atoms. The smallest absolute Gasteiger partial charge is 0.347 e. The molecular weight excluding hydrogens is 194 g/mol. The molecule has 0 amide bonds. The monoisotopic (exact) mass is 207 g/mol. The quantitative estimate of drug-likeness (QED) is 0.741. The largest absolute Gasteiger partial charge is 0.478 e. The van der Waals surface area contributed by atoms with Gasteiger partial charge in [0.2, 0.25) is 0 Å². The molecule has 1 rings (SSSR count). The van der Waals surface area contributed by atoms with E-state index in [-0.39, 0.29) is 0 Å². The van der Waals surface area contributed by atoms with Crippen molar-refractivity contribution in [3.05, 3.63) is 29.8 Å². The molecule has 80 valence electrons. The summed E-state index contributed by atoms with van der Waals surface area (Å²) in [5.41, 5.74) is -0.498. The first-order chi connectivity index (χ1) is 6.95. The number of ether oxygens (including phenoxy) is 1. The van der Waals surface area contributed by atoms with E-state index in [2.05, 4.69) is 0 Å².